The Morgan fingerprint density at radius 3 is 2.67 bits per heavy atom. The second-order valence-corrected chi connectivity index (χ2v) is 7.83. The van der Waals surface area contributed by atoms with Crippen LogP contribution in [0.1, 0.15) is 44.9 Å². The van der Waals surface area contributed by atoms with Crippen LogP contribution in [0, 0.1) is 5.92 Å². The molecule has 0 atom stereocenters. The van der Waals surface area contributed by atoms with Gasteiger partial charge in [-0.25, -0.2) is 15.0 Å². The average molecular weight is 371 g/mol. The molecule has 2 aromatic heterocycles. The van der Waals surface area contributed by atoms with E-state index >= 15 is 0 Å². The van der Waals surface area contributed by atoms with Gasteiger partial charge in [0.15, 0.2) is 11.5 Å². The lowest BCUT2D eigenvalue weighted by Gasteiger charge is -2.32. The number of nitrogens with two attached hydrogens (primary N) is 1. The smallest absolute Gasteiger partial charge is 0.223 e. The van der Waals surface area contributed by atoms with E-state index in [0.29, 0.717) is 23.3 Å². The molecule has 0 spiro atoms. The highest BCUT2D eigenvalue weighted by molar-refractivity contribution is 5.81. The Morgan fingerprint density at radius 2 is 1.89 bits per heavy atom. The van der Waals surface area contributed by atoms with E-state index < -0.39 is 0 Å². The van der Waals surface area contributed by atoms with Crippen molar-refractivity contribution in [3.05, 3.63) is 12.7 Å². The number of nitrogen functional groups attached to an aromatic ring is 1. The Morgan fingerprint density at radius 1 is 1.11 bits per heavy atom. The highest BCUT2D eigenvalue weighted by atomic mass is 16.1. The number of amides is 1. The number of carbonyl (C=O) groups is 1. The van der Waals surface area contributed by atoms with Gasteiger partial charge in [-0.05, 0) is 38.6 Å². The molecule has 1 saturated carbocycles. The Bertz CT molecular complexity index is 775. The molecular weight excluding hydrogens is 342 g/mol. The van der Waals surface area contributed by atoms with Crippen LogP contribution in [0.4, 0.5) is 5.82 Å². The number of piperidine rings is 1. The maximum Gasteiger partial charge on any atom is 0.223 e. The second kappa shape index (κ2) is 8.21. The van der Waals surface area contributed by atoms with Crippen LogP contribution in [0.25, 0.3) is 11.2 Å². The summed E-state index contributed by atoms with van der Waals surface area (Å²) < 4.78 is 2.04. The highest BCUT2D eigenvalue weighted by Gasteiger charge is 2.26. The molecule has 8 heteroatoms. The fraction of sp³-hybridized carbons (Fsp3) is 0.684. The van der Waals surface area contributed by atoms with Crippen molar-refractivity contribution in [3.8, 4) is 0 Å². The van der Waals surface area contributed by atoms with Gasteiger partial charge < -0.3 is 20.5 Å². The number of rotatable bonds is 6. The van der Waals surface area contributed by atoms with Gasteiger partial charge in [0, 0.05) is 31.6 Å². The van der Waals surface area contributed by atoms with E-state index in [2.05, 4.69) is 25.2 Å². The van der Waals surface area contributed by atoms with E-state index in [4.69, 9.17) is 5.73 Å². The van der Waals surface area contributed by atoms with Crippen molar-refractivity contribution in [2.75, 3.05) is 25.4 Å². The first-order valence-corrected chi connectivity index (χ1v) is 10.1. The Hall–Kier alpha value is -2.22. The molecule has 146 valence electrons. The van der Waals surface area contributed by atoms with Crippen molar-refractivity contribution in [2.24, 2.45) is 5.92 Å². The van der Waals surface area contributed by atoms with Crippen LogP contribution in [-0.4, -0.2) is 56.0 Å². The minimum atomic E-state index is 0.269. The van der Waals surface area contributed by atoms with E-state index in [1.807, 2.05) is 4.57 Å². The van der Waals surface area contributed by atoms with Gasteiger partial charge in [0.2, 0.25) is 5.91 Å². The van der Waals surface area contributed by atoms with Crippen LogP contribution in [-0.2, 0) is 11.3 Å². The van der Waals surface area contributed by atoms with E-state index in [0.717, 1.165) is 63.9 Å². The third-order valence-electron chi connectivity index (χ3n) is 5.96. The van der Waals surface area contributed by atoms with Gasteiger partial charge >= 0.3 is 0 Å². The molecule has 1 aliphatic carbocycles. The van der Waals surface area contributed by atoms with Crippen molar-refractivity contribution in [3.63, 3.8) is 0 Å². The van der Waals surface area contributed by atoms with E-state index in [1.165, 1.54) is 19.2 Å². The largest absolute Gasteiger partial charge is 0.382 e. The van der Waals surface area contributed by atoms with E-state index in [1.54, 1.807) is 6.33 Å². The zero-order chi connectivity index (χ0) is 18.6. The fourth-order valence-electron chi connectivity index (χ4n) is 4.34. The average Bonchev–Trinajstić information content (AvgIpc) is 3.34. The number of aromatic nitrogens is 4. The molecule has 0 aromatic carbocycles. The van der Waals surface area contributed by atoms with Crippen molar-refractivity contribution in [1.29, 1.82) is 0 Å². The van der Waals surface area contributed by atoms with Gasteiger partial charge in [0.25, 0.3) is 0 Å². The van der Waals surface area contributed by atoms with E-state index in [-0.39, 0.29) is 5.92 Å². The summed E-state index contributed by atoms with van der Waals surface area (Å²) in [5.41, 5.74) is 7.32. The molecule has 1 saturated heterocycles. The van der Waals surface area contributed by atoms with Crippen LogP contribution < -0.4 is 11.1 Å². The lowest BCUT2D eigenvalue weighted by atomic mass is 10.0. The Labute approximate surface area is 159 Å². The summed E-state index contributed by atoms with van der Waals surface area (Å²) in [5.74, 6) is 0.991. The summed E-state index contributed by atoms with van der Waals surface area (Å²) in [4.78, 5) is 27.3. The van der Waals surface area contributed by atoms with Crippen molar-refractivity contribution >= 4 is 22.9 Å². The number of hydrogen-bond acceptors (Lipinski definition) is 6. The van der Waals surface area contributed by atoms with Gasteiger partial charge in [-0.3, -0.25) is 4.79 Å². The molecular formula is C19H29N7O. The first-order valence-electron chi connectivity index (χ1n) is 10.1. The van der Waals surface area contributed by atoms with E-state index in [9.17, 15) is 4.79 Å². The number of anilines is 1. The number of hydrogen-bond donors (Lipinski definition) is 2. The van der Waals surface area contributed by atoms with Crippen molar-refractivity contribution in [2.45, 2.75) is 57.5 Å². The van der Waals surface area contributed by atoms with Crippen LogP contribution in [0.5, 0.6) is 0 Å². The van der Waals surface area contributed by atoms with Crippen LogP contribution in [0.2, 0.25) is 0 Å². The molecule has 1 amide bonds. The maximum atomic E-state index is 12.3. The predicted octanol–water partition coefficient (Wildman–Crippen LogP) is 1.57. The first-order chi connectivity index (χ1) is 13.2. The number of nitrogens with one attached hydrogen (secondary N) is 1. The lowest BCUT2D eigenvalue weighted by molar-refractivity contribution is -0.125. The Balaban J connectivity index is 1.19. The van der Waals surface area contributed by atoms with Crippen LogP contribution in [0.3, 0.4) is 0 Å². The van der Waals surface area contributed by atoms with Gasteiger partial charge in [-0.2, -0.15) is 0 Å². The lowest BCUT2D eigenvalue weighted by Crippen LogP contribution is -2.46. The summed E-state index contributed by atoms with van der Waals surface area (Å²) >= 11 is 0. The van der Waals surface area contributed by atoms with Crippen molar-refractivity contribution < 1.29 is 4.79 Å². The molecule has 2 aliphatic rings. The van der Waals surface area contributed by atoms with Gasteiger partial charge in [-0.1, -0.05) is 12.8 Å². The molecule has 0 radical (unpaired) electrons. The highest BCUT2D eigenvalue weighted by Crippen LogP contribution is 2.25. The predicted molar refractivity (Wildman–Crippen MR) is 104 cm³/mol. The zero-order valence-corrected chi connectivity index (χ0v) is 15.8. The summed E-state index contributed by atoms with van der Waals surface area (Å²) in [6.45, 7) is 4.01. The molecule has 4 rings (SSSR count). The standard InChI is InChI=1S/C19H29N7O/c20-17-16-18(22-12-21-17)26(13-23-16)9-3-8-25-10-6-15(7-11-25)24-19(27)14-4-1-2-5-14/h12-15H,1-11H2,(H,24,27)(H2,20,21,22). The number of likely N-dealkylation sites (tertiary alicyclic amines) is 1. The normalized spacial score (nSPS) is 19.7. The number of aryl methyl sites for hydroxylation is 1. The topological polar surface area (TPSA) is 102 Å². The molecule has 3 heterocycles. The molecule has 2 aromatic rings. The quantitative estimate of drug-likeness (QED) is 0.799. The van der Waals surface area contributed by atoms with Gasteiger partial charge in [0.05, 0.1) is 6.33 Å². The number of nitrogens with zero attached hydrogens (tertiary/aromatic N) is 5. The summed E-state index contributed by atoms with van der Waals surface area (Å²) in [6, 6.07) is 0.353. The summed E-state index contributed by atoms with van der Waals surface area (Å²) in [7, 11) is 0. The second-order valence-electron chi connectivity index (χ2n) is 7.83. The molecule has 2 fully saturated rings. The monoisotopic (exact) mass is 371 g/mol. The van der Waals surface area contributed by atoms with Gasteiger partial charge in [-0.15, -0.1) is 0 Å². The zero-order valence-electron chi connectivity index (χ0n) is 15.8. The molecule has 3 N–H and O–H groups in total. The number of fused-ring (bicyclic) bond motifs is 1. The third-order valence-corrected chi connectivity index (χ3v) is 5.96. The molecule has 0 unspecified atom stereocenters. The van der Waals surface area contributed by atoms with Crippen LogP contribution >= 0.6 is 0 Å². The van der Waals surface area contributed by atoms with Gasteiger partial charge in [0.1, 0.15) is 11.8 Å². The SMILES string of the molecule is Nc1ncnc2c1ncn2CCCN1CCC(NC(=O)C2CCCC2)CC1. The summed E-state index contributed by atoms with van der Waals surface area (Å²) in [5, 5.41) is 3.28. The molecule has 1 aliphatic heterocycles. The minimum Gasteiger partial charge on any atom is -0.382 e. The number of carbonyl (C=O) groups excluding carboxylic acids is 1. The fourth-order valence-corrected chi connectivity index (χ4v) is 4.34. The Kier molecular flexibility index (Phi) is 5.52. The molecule has 27 heavy (non-hydrogen) atoms. The maximum absolute atomic E-state index is 12.3. The minimum absolute atomic E-state index is 0.269. The summed E-state index contributed by atoms with van der Waals surface area (Å²) in [6.07, 6.45) is 11.0. The first kappa shape index (κ1) is 18.2. The third kappa shape index (κ3) is 4.21. The molecule has 0 bridgehead atoms. The number of imidazole rings is 1. The van der Waals surface area contributed by atoms with Crippen molar-refractivity contribution in [1.82, 2.24) is 29.7 Å². The molecule has 8 nitrogen and oxygen atoms in total. The van der Waals surface area contributed by atoms with Crippen LogP contribution in [0.15, 0.2) is 12.7 Å².